The second-order valence-corrected chi connectivity index (χ2v) is 7.14. The molecule has 0 aromatic heterocycles. The van der Waals surface area contributed by atoms with Gasteiger partial charge in [0.25, 0.3) is 0 Å². The van der Waals surface area contributed by atoms with Crippen LogP contribution in [0.1, 0.15) is 30.4 Å². The molecule has 2 bridgehead atoms. The summed E-state index contributed by atoms with van der Waals surface area (Å²) in [6.45, 7) is 4.26. The molecule has 3 rings (SSSR count). The van der Waals surface area contributed by atoms with Crippen LogP contribution in [-0.4, -0.2) is 26.2 Å². The highest BCUT2D eigenvalue weighted by molar-refractivity contribution is 5.85. The molecule has 2 saturated carbocycles. The highest BCUT2D eigenvalue weighted by Crippen LogP contribution is 2.47. The predicted octanol–water partition coefficient (Wildman–Crippen LogP) is 2.84. The fourth-order valence-corrected chi connectivity index (χ4v) is 4.55. The molecule has 1 amide bonds. The third-order valence-corrected chi connectivity index (χ3v) is 5.73. The molecular weight excluding hydrogens is 352 g/mol. The maximum absolute atomic E-state index is 12.6. The van der Waals surface area contributed by atoms with E-state index in [9.17, 15) is 4.79 Å². The Labute approximate surface area is 161 Å². The third kappa shape index (κ3) is 3.84. The first-order chi connectivity index (χ1) is 12.1. The lowest BCUT2D eigenvalue weighted by Gasteiger charge is -2.27. The fraction of sp³-hybridized carbons (Fsp3) is 0.550. The van der Waals surface area contributed by atoms with Crippen molar-refractivity contribution in [2.45, 2.75) is 38.3 Å². The van der Waals surface area contributed by atoms with Crippen molar-refractivity contribution in [2.75, 3.05) is 14.2 Å². The summed E-state index contributed by atoms with van der Waals surface area (Å²) in [6, 6.07) is 3.96. The first-order valence-electron chi connectivity index (χ1n) is 8.97. The van der Waals surface area contributed by atoms with Crippen LogP contribution in [0.15, 0.2) is 24.8 Å². The van der Waals surface area contributed by atoms with E-state index in [4.69, 9.17) is 15.2 Å². The van der Waals surface area contributed by atoms with Crippen molar-refractivity contribution < 1.29 is 14.3 Å². The number of allylic oxidation sites excluding steroid dienone is 1. The lowest BCUT2D eigenvalue weighted by atomic mass is 9.84. The lowest BCUT2D eigenvalue weighted by molar-refractivity contribution is -0.127. The number of ether oxygens (including phenoxy) is 2. The molecule has 0 spiro atoms. The molecule has 26 heavy (non-hydrogen) atoms. The summed E-state index contributed by atoms with van der Waals surface area (Å²) in [5, 5.41) is 3.07. The smallest absolute Gasteiger partial charge is 0.225 e. The van der Waals surface area contributed by atoms with Gasteiger partial charge in [-0.3, -0.25) is 4.79 Å². The molecule has 4 unspecified atom stereocenters. The van der Waals surface area contributed by atoms with E-state index in [-0.39, 0.29) is 30.3 Å². The molecule has 1 aromatic rings. The van der Waals surface area contributed by atoms with Gasteiger partial charge in [-0.2, -0.15) is 0 Å². The standard InChI is InChI=1S/C20H28N2O3.ClH/c1-4-5-15-8-12(9-16(24-2)19(15)25-3)11-22-20(23)17-13-6-7-14(10-13)18(17)21;/h4,8-9,13-14,17-18H,1,5-7,10-11,21H2,2-3H3,(H,22,23);1H. The molecule has 0 radical (unpaired) electrons. The summed E-state index contributed by atoms with van der Waals surface area (Å²) in [5.41, 5.74) is 8.26. The first kappa shape index (κ1) is 20.6. The minimum absolute atomic E-state index is 0. The van der Waals surface area contributed by atoms with E-state index < -0.39 is 0 Å². The topological polar surface area (TPSA) is 73.6 Å². The first-order valence-corrected chi connectivity index (χ1v) is 8.97. The quantitative estimate of drug-likeness (QED) is 0.713. The molecule has 6 heteroatoms. The van der Waals surface area contributed by atoms with Crippen LogP contribution in [0.2, 0.25) is 0 Å². The zero-order valence-corrected chi connectivity index (χ0v) is 16.3. The van der Waals surface area contributed by atoms with E-state index in [2.05, 4.69) is 11.9 Å². The highest BCUT2D eigenvalue weighted by Gasteiger charge is 2.48. The van der Waals surface area contributed by atoms with Crippen molar-refractivity contribution in [3.05, 3.63) is 35.9 Å². The number of carbonyl (C=O) groups excluding carboxylic acids is 1. The summed E-state index contributed by atoms with van der Waals surface area (Å²) in [4.78, 5) is 12.6. The van der Waals surface area contributed by atoms with Gasteiger partial charge in [0.2, 0.25) is 5.91 Å². The third-order valence-electron chi connectivity index (χ3n) is 5.73. The number of hydrogen-bond donors (Lipinski definition) is 2. The molecule has 0 aliphatic heterocycles. The van der Waals surface area contributed by atoms with Gasteiger partial charge in [0.05, 0.1) is 20.1 Å². The Bertz CT molecular complexity index is 663. The number of benzene rings is 1. The maximum Gasteiger partial charge on any atom is 0.225 e. The second kappa shape index (κ2) is 8.78. The van der Waals surface area contributed by atoms with Crippen LogP contribution in [0.3, 0.4) is 0 Å². The number of nitrogens with one attached hydrogen (secondary N) is 1. The van der Waals surface area contributed by atoms with Crippen LogP contribution in [0.5, 0.6) is 11.5 Å². The molecule has 1 aromatic carbocycles. The van der Waals surface area contributed by atoms with Gasteiger partial charge in [0.1, 0.15) is 0 Å². The van der Waals surface area contributed by atoms with Crippen LogP contribution >= 0.6 is 12.4 Å². The Morgan fingerprint density at radius 3 is 2.62 bits per heavy atom. The number of hydrogen-bond acceptors (Lipinski definition) is 4. The van der Waals surface area contributed by atoms with Gasteiger partial charge in [-0.15, -0.1) is 19.0 Å². The van der Waals surface area contributed by atoms with Crippen molar-refractivity contribution >= 4 is 18.3 Å². The number of methoxy groups -OCH3 is 2. The van der Waals surface area contributed by atoms with Gasteiger partial charge in [-0.1, -0.05) is 6.08 Å². The lowest BCUT2D eigenvalue weighted by Crippen LogP contribution is -2.45. The average Bonchev–Trinajstić information content (AvgIpc) is 3.20. The molecule has 144 valence electrons. The second-order valence-electron chi connectivity index (χ2n) is 7.14. The van der Waals surface area contributed by atoms with E-state index >= 15 is 0 Å². The predicted molar refractivity (Wildman–Crippen MR) is 105 cm³/mol. The highest BCUT2D eigenvalue weighted by atomic mass is 35.5. The number of amides is 1. The van der Waals surface area contributed by atoms with Gasteiger partial charge in [0.15, 0.2) is 11.5 Å². The molecule has 0 saturated heterocycles. The molecule has 2 fully saturated rings. The van der Waals surface area contributed by atoms with Gasteiger partial charge < -0.3 is 20.5 Å². The van der Waals surface area contributed by atoms with E-state index in [1.54, 1.807) is 14.2 Å². The van der Waals surface area contributed by atoms with Crippen LogP contribution in [0.25, 0.3) is 0 Å². The average molecular weight is 381 g/mol. The zero-order valence-electron chi connectivity index (χ0n) is 15.5. The number of halogens is 1. The van der Waals surface area contributed by atoms with Crippen LogP contribution in [-0.2, 0) is 17.8 Å². The van der Waals surface area contributed by atoms with Crippen molar-refractivity contribution in [3.63, 3.8) is 0 Å². The van der Waals surface area contributed by atoms with E-state index in [1.165, 1.54) is 6.42 Å². The van der Waals surface area contributed by atoms with Gasteiger partial charge >= 0.3 is 0 Å². The molecule has 0 heterocycles. The van der Waals surface area contributed by atoms with Crippen molar-refractivity contribution in [1.29, 1.82) is 0 Å². The summed E-state index contributed by atoms with van der Waals surface area (Å²) in [6.07, 6.45) is 5.93. The number of nitrogens with two attached hydrogens (primary N) is 1. The van der Waals surface area contributed by atoms with E-state index in [0.29, 0.717) is 36.3 Å². The van der Waals surface area contributed by atoms with Gasteiger partial charge in [-0.25, -0.2) is 0 Å². The molecule has 5 nitrogen and oxygen atoms in total. The summed E-state index contributed by atoms with van der Waals surface area (Å²) in [7, 11) is 3.24. The minimum Gasteiger partial charge on any atom is -0.493 e. The van der Waals surface area contributed by atoms with Crippen LogP contribution in [0.4, 0.5) is 0 Å². The number of rotatable bonds is 7. The fourth-order valence-electron chi connectivity index (χ4n) is 4.55. The normalized spacial score (nSPS) is 26.1. The Balaban J connectivity index is 0.00000243. The molecule has 4 atom stereocenters. The van der Waals surface area contributed by atoms with Crippen molar-refractivity contribution in [1.82, 2.24) is 5.32 Å². The number of carbonyl (C=O) groups is 1. The Morgan fingerprint density at radius 2 is 2.04 bits per heavy atom. The number of fused-ring (bicyclic) bond motifs is 2. The largest absolute Gasteiger partial charge is 0.493 e. The summed E-state index contributed by atoms with van der Waals surface area (Å²) in [5.74, 6) is 2.42. The maximum atomic E-state index is 12.6. The minimum atomic E-state index is -0.0356. The summed E-state index contributed by atoms with van der Waals surface area (Å²) >= 11 is 0. The van der Waals surface area contributed by atoms with E-state index in [1.807, 2.05) is 18.2 Å². The van der Waals surface area contributed by atoms with E-state index in [0.717, 1.165) is 24.0 Å². The molecular formula is C20H29ClN2O3. The van der Waals surface area contributed by atoms with Crippen LogP contribution < -0.4 is 20.5 Å². The Kier molecular flexibility index (Phi) is 6.95. The van der Waals surface area contributed by atoms with Crippen LogP contribution in [0, 0.1) is 17.8 Å². The monoisotopic (exact) mass is 380 g/mol. The molecule has 2 aliphatic carbocycles. The van der Waals surface area contributed by atoms with Gasteiger partial charge in [0, 0.05) is 18.2 Å². The molecule has 3 N–H and O–H groups in total. The van der Waals surface area contributed by atoms with Crippen molar-refractivity contribution in [2.24, 2.45) is 23.5 Å². The Morgan fingerprint density at radius 1 is 1.31 bits per heavy atom. The SMILES string of the molecule is C=CCc1cc(CNC(=O)C2C3CCC(C3)C2N)cc(OC)c1OC.Cl. The molecule has 2 aliphatic rings. The Hall–Kier alpha value is -1.72. The summed E-state index contributed by atoms with van der Waals surface area (Å²) < 4.78 is 10.9. The zero-order chi connectivity index (χ0) is 18.0. The van der Waals surface area contributed by atoms with Gasteiger partial charge in [-0.05, 0) is 55.2 Å². The van der Waals surface area contributed by atoms with Crippen molar-refractivity contribution in [3.8, 4) is 11.5 Å².